The third kappa shape index (κ3) is 3.10. The highest BCUT2D eigenvalue weighted by Gasteiger charge is 2.33. The minimum absolute atomic E-state index is 0.177. The van der Waals surface area contributed by atoms with E-state index in [1.54, 1.807) is 43.5 Å². The van der Waals surface area contributed by atoms with Crippen molar-refractivity contribution in [3.8, 4) is 0 Å². The molecule has 1 amide bonds. The first-order valence-corrected chi connectivity index (χ1v) is 8.44. The first kappa shape index (κ1) is 16.4. The van der Waals surface area contributed by atoms with Crippen molar-refractivity contribution in [3.05, 3.63) is 48.0 Å². The second-order valence-corrected chi connectivity index (χ2v) is 6.32. The Balaban J connectivity index is 1.49. The van der Waals surface area contributed by atoms with Gasteiger partial charge in [0.15, 0.2) is 17.3 Å². The van der Waals surface area contributed by atoms with Crippen LogP contribution in [0.25, 0.3) is 11.1 Å². The number of alkyl halides is 1. The standard InChI is InChI=1S/C18H18FN5O2/c1-11-22-17-14(4-2-5-15(17)26-11)18(25)20-9-13-8-12(19)10-24(13)16-6-3-7-21-23-16/h2-7,12-13H,8-10H2,1H3,(H,20,25)/t12-,13-/m0/s1. The number of hydrogen-bond donors (Lipinski definition) is 1. The van der Waals surface area contributed by atoms with Crippen LogP contribution in [0.2, 0.25) is 0 Å². The van der Waals surface area contributed by atoms with E-state index in [0.29, 0.717) is 41.3 Å². The molecular formula is C18H18FN5O2. The molecule has 0 spiro atoms. The topological polar surface area (TPSA) is 84.2 Å². The molecule has 1 aliphatic rings. The number of rotatable bonds is 4. The molecule has 1 N–H and O–H groups in total. The smallest absolute Gasteiger partial charge is 0.253 e. The van der Waals surface area contributed by atoms with Crippen LogP contribution in [0, 0.1) is 6.92 Å². The normalized spacial score (nSPS) is 19.8. The Labute approximate surface area is 149 Å². The van der Waals surface area contributed by atoms with Crippen molar-refractivity contribution < 1.29 is 13.6 Å². The van der Waals surface area contributed by atoms with Crippen LogP contribution in [0.3, 0.4) is 0 Å². The Morgan fingerprint density at radius 1 is 1.38 bits per heavy atom. The van der Waals surface area contributed by atoms with E-state index in [1.165, 1.54) is 0 Å². The van der Waals surface area contributed by atoms with Gasteiger partial charge < -0.3 is 14.6 Å². The van der Waals surface area contributed by atoms with Gasteiger partial charge in [-0.2, -0.15) is 5.10 Å². The van der Waals surface area contributed by atoms with Crippen LogP contribution >= 0.6 is 0 Å². The molecule has 0 unspecified atom stereocenters. The van der Waals surface area contributed by atoms with Gasteiger partial charge in [-0.1, -0.05) is 6.07 Å². The lowest BCUT2D eigenvalue weighted by Gasteiger charge is -2.24. The minimum Gasteiger partial charge on any atom is -0.441 e. The molecule has 0 radical (unpaired) electrons. The molecule has 1 aliphatic heterocycles. The molecule has 7 nitrogen and oxygen atoms in total. The SMILES string of the molecule is Cc1nc2c(C(=O)NC[C@@H]3C[C@H](F)CN3c3cccnn3)cccc2o1. The van der Waals surface area contributed by atoms with Gasteiger partial charge in [0.1, 0.15) is 11.7 Å². The predicted molar refractivity (Wildman–Crippen MR) is 93.8 cm³/mol. The fourth-order valence-corrected chi connectivity index (χ4v) is 3.33. The van der Waals surface area contributed by atoms with Crippen molar-refractivity contribution in [2.75, 3.05) is 18.0 Å². The van der Waals surface area contributed by atoms with Gasteiger partial charge >= 0.3 is 0 Å². The molecule has 4 rings (SSSR count). The van der Waals surface area contributed by atoms with E-state index in [9.17, 15) is 9.18 Å². The number of anilines is 1. The van der Waals surface area contributed by atoms with Crippen molar-refractivity contribution in [2.45, 2.75) is 25.6 Å². The van der Waals surface area contributed by atoms with Gasteiger partial charge in [0, 0.05) is 26.1 Å². The highest BCUT2D eigenvalue weighted by molar-refractivity contribution is 6.04. The number of benzene rings is 1. The number of fused-ring (bicyclic) bond motifs is 1. The molecule has 0 saturated carbocycles. The molecule has 134 valence electrons. The minimum atomic E-state index is -0.958. The van der Waals surface area contributed by atoms with Crippen LogP contribution in [-0.4, -0.2) is 46.4 Å². The summed E-state index contributed by atoms with van der Waals surface area (Å²) in [5.74, 6) is 0.858. The predicted octanol–water partition coefficient (Wildman–Crippen LogP) is 2.27. The molecule has 2 atom stereocenters. The first-order chi connectivity index (χ1) is 12.6. The molecule has 0 aliphatic carbocycles. The van der Waals surface area contributed by atoms with Crippen LogP contribution in [0.15, 0.2) is 40.9 Å². The molecule has 1 aromatic carbocycles. The number of nitrogens with one attached hydrogen (secondary N) is 1. The average molecular weight is 355 g/mol. The Morgan fingerprint density at radius 2 is 2.27 bits per heavy atom. The fraction of sp³-hybridized carbons (Fsp3) is 0.333. The second-order valence-electron chi connectivity index (χ2n) is 6.32. The van der Waals surface area contributed by atoms with Crippen molar-refractivity contribution >= 4 is 22.8 Å². The maximum absolute atomic E-state index is 13.9. The summed E-state index contributed by atoms with van der Waals surface area (Å²) in [6.45, 7) is 2.29. The number of para-hydroxylation sites is 1. The number of carbonyl (C=O) groups is 1. The highest BCUT2D eigenvalue weighted by Crippen LogP contribution is 2.25. The van der Waals surface area contributed by atoms with E-state index in [1.807, 2.05) is 4.90 Å². The molecule has 0 bridgehead atoms. The number of aromatic nitrogens is 3. The van der Waals surface area contributed by atoms with E-state index in [-0.39, 0.29) is 18.5 Å². The summed E-state index contributed by atoms with van der Waals surface area (Å²) in [5, 5.41) is 10.8. The zero-order valence-electron chi connectivity index (χ0n) is 14.2. The third-order valence-corrected chi connectivity index (χ3v) is 4.48. The number of nitrogens with zero attached hydrogens (tertiary/aromatic N) is 4. The van der Waals surface area contributed by atoms with Gasteiger partial charge in [-0.25, -0.2) is 9.37 Å². The quantitative estimate of drug-likeness (QED) is 0.773. The highest BCUT2D eigenvalue weighted by atomic mass is 19.1. The van der Waals surface area contributed by atoms with Gasteiger partial charge in [-0.15, -0.1) is 5.10 Å². The molecule has 8 heteroatoms. The first-order valence-electron chi connectivity index (χ1n) is 8.44. The molecule has 2 aromatic heterocycles. The van der Waals surface area contributed by atoms with Crippen molar-refractivity contribution in [1.29, 1.82) is 0 Å². The van der Waals surface area contributed by atoms with Crippen LogP contribution < -0.4 is 10.2 Å². The summed E-state index contributed by atoms with van der Waals surface area (Å²) in [4.78, 5) is 18.7. The van der Waals surface area contributed by atoms with Crippen LogP contribution in [-0.2, 0) is 0 Å². The van der Waals surface area contributed by atoms with Crippen LogP contribution in [0.4, 0.5) is 10.2 Å². The summed E-state index contributed by atoms with van der Waals surface area (Å²) in [6.07, 6.45) is 0.953. The number of amides is 1. The summed E-state index contributed by atoms with van der Waals surface area (Å²) in [5.41, 5.74) is 1.55. The average Bonchev–Trinajstić information content (AvgIpc) is 3.21. The number of hydrogen-bond acceptors (Lipinski definition) is 6. The number of carbonyl (C=O) groups excluding carboxylic acids is 1. The van der Waals surface area contributed by atoms with Gasteiger partial charge in [-0.05, 0) is 24.3 Å². The van der Waals surface area contributed by atoms with E-state index in [0.717, 1.165) is 0 Å². The molecule has 3 heterocycles. The number of aryl methyl sites for hydroxylation is 1. The molecule has 1 saturated heterocycles. The summed E-state index contributed by atoms with van der Waals surface area (Å²) < 4.78 is 19.4. The maximum Gasteiger partial charge on any atom is 0.253 e. The Kier molecular flexibility index (Phi) is 4.24. The van der Waals surface area contributed by atoms with Gasteiger partial charge in [0.05, 0.1) is 18.2 Å². The van der Waals surface area contributed by atoms with E-state index in [4.69, 9.17) is 4.42 Å². The van der Waals surface area contributed by atoms with Gasteiger partial charge in [0.25, 0.3) is 5.91 Å². The van der Waals surface area contributed by atoms with Crippen LogP contribution in [0.5, 0.6) is 0 Å². The van der Waals surface area contributed by atoms with E-state index in [2.05, 4.69) is 20.5 Å². The van der Waals surface area contributed by atoms with Gasteiger partial charge in [0.2, 0.25) is 0 Å². The maximum atomic E-state index is 13.9. The Bertz CT molecular complexity index is 930. The second kappa shape index (κ2) is 6.70. The van der Waals surface area contributed by atoms with E-state index >= 15 is 0 Å². The zero-order chi connectivity index (χ0) is 18.1. The van der Waals surface area contributed by atoms with E-state index < -0.39 is 6.17 Å². The van der Waals surface area contributed by atoms with Crippen molar-refractivity contribution in [1.82, 2.24) is 20.5 Å². The number of oxazole rings is 1. The largest absolute Gasteiger partial charge is 0.441 e. The molecule has 1 fully saturated rings. The molecular weight excluding hydrogens is 337 g/mol. The third-order valence-electron chi connectivity index (χ3n) is 4.48. The van der Waals surface area contributed by atoms with Gasteiger partial charge in [-0.3, -0.25) is 4.79 Å². The Morgan fingerprint density at radius 3 is 3.08 bits per heavy atom. The van der Waals surface area contributed by atoms with Crippen LogP contribution in [0.1, 0.15) is 22.7 Å². The zero-order valence-corrected chi connectivity index (χ0v) is 14.2. The monoisotopic (exact) mass is 355 g/mol. The lowest BCUT2D eigenvalue weighted by atomic mass is 10.1. The summed E-state index contributed by atoms with van der Waals surface area (Å²) in [7, 11) is 0. The molecule has 3 aromatic rings. The van der Waals surface area contributed by atoms with Crippen molar-refractivity contribution in [3.63, 3.8) is 0 Å². The number of halogens is 1. The Hall–Kier alpha value is -3.03. The van der Waals surface area contributed by atoms with Crippen molar-refractivity contribution in [2.24, 2.45) is 0 Å². The summed E-state index contributed by atoms with van der Waals surface area (Å²) in [6, 6.07) is 8.60. The summed E-state index contributed by atoms with van der Waals surface area (Å²) >= 11 is 0. The fourth-order valence-electron chi connectivity index (χ4n) is 3.33. The molecule has 26 heavy (non-hydrogen) atoms. The lowest BCUT2D eigenvalue weighted by molar-refractivity contribution is 0.0952. The lowest BCUT2D eigenvalue weighted by Crippen LogP contribution is -2.40.